The number of nitrogens with zero attached hydrogens (tertiary/aromatic N) is 4. The van der Waals surface area contributed by atoms with Crippen molar-refractivity contribution in [1.29, 1.82) is 0 Å². The van der Waals surface area contributed by atoms with Crippen LogP contribution in [-0.4, -0.2) is 196 Å². The zero-order chi connectivity index (χ0) is 37.3. The molecule has 2 aliphatic rings. The lowest BCUT2D eigenvalue weighted by atomic mass is 9.99. The quantitative estimate of drug-likeness (QED) is 0.0435. The smallest absolute Gasteiger partial charge is 0.317 e. The lowest BCUT2D eigenvalue weighted by Gasteiger charge is -2.39. The first kappa shape index (κ1) is 46.4. The van der Waals surface area contributed by atoms with Crippen molar-refractivity contribution in [2.75, 3.05) is 103 Å². The van der Waals surface area contributed by atoms with E-state index in [4.69, 9.17) is 15.2 Å². The van der Waals surface area contributed by atoms with Gasteiger partial charge in [-0.1, -0.05) is 60.1 Å². The first-order valence-corrected chi connectivity index (χ1v) is 21.3. The third-order valence-corrected chi connectivity index (χ3v) is 11.6. The highest BCUT2D eigenvalue weighted by Gasteiger charge is 2.43. The number of aliphatic hydroxyl groups excluding tert-OH is 4. The molecule has 0 aliphatic carbocycles. The average Bonchev–Trinajstić information content (AvgIpc) is 3.09. The molecular weight excluding hydrogens is 703 g/mol. The van der Waals surface area contributed by atoms with Crippen molar-refractivity contribution >= 4 is 33.5 Å². The Hall–Kier alpha value is -0.800. The molecule has 15 nitrogen and oxygen atoms in total. The zero-order valence-corrected chi connectivity index (χ0v) is 32.1. The van der Waals surface area contributed by atoms with E-state index in [1.54, 1.807) is 21.6 Å². The molecule has 8 N–H and O–H groups in total. The summed E-state index contributed by atoms with van der Waals surface area (Å²) < 4.78 is 10.9. The molecule has 17 heteroatoms. The summed E-state index contributed by atoms with van der Waals surface area (Å²) in [5.74, 6) is -0.00915. The van der Waals surface area contributed by atoms with Gasteiger partial charge in [-0.05, 0) is 58.3 Å². The van der Waals surface area contributed by atoms with E-state index in [-0.39, 0.29) is 13.1 Å². The van der Waals surface area contributed by atoms with Gasteiger partial charge in [0.05, 0.1) is 19.7 Å². The first-order valence-electron chi connectivity index (χ1n) is 18.8. The Bertz CT molecular complexity index is 918. The Kier molecular flexibility index (Phi) is 26.0. The maximum atomic E-state index is 11.7. The van der Waals surface area contributed by atoms with E-state index < -0.39 is 49.3 Å². The van der Waals surface area contributed by atoms with Crippen molar-refractivity contribution in [1.82, 2.24) is 19.6 Å². The van der Waals surface area contributed by atoms with E-state index in [2.05, 4.69) is 19.6 Å². The molecule has 0 aromatic carbocycles. The van der Waals surface area contributed by atoms with Gasteiger partial charge < -0.3 is 55.6 Å². The summed E-state index contributed by atoms with van der Waals surface area (Å²) in [6.07, 6.45) is 4.85. The molecule has 2 heterocycles. The van der Waals surface area contributed by atoms with Crippen LogP contribution in [0.25, 0.3) is 0 Å². The minimum atomic E-state index is -1.43. The van der Waals surface area contributed by atoms with E-state index >= 15 is 0 Å². The fraction of sp³-hybridized carbons (Fsp3) is 0.941. The van der Waals surface area contributed by atoms with Gasteiger partial charge in [-0.25, -0.2) is 0 Å². The summed E-state index contributed by atoms with van der Waals surface area (Å²) in [5.41, 5.74) is 5.58. The Balaban J connectivity index is 1.73. The van der Waals surface area contributed by atoms with Gasteiger partial charge in [0.15, 0.2) is 6.29 Å². The number of carbonyl (C=O) groups is 2. The van der Waals surface area contributed by atoms with Gasteiger partial charge in [-0.3, -0.25) is 19.4 Å². The highest BCUT2D eigenvalue weighted by Crippen LogP contribution is 2.22. The monoisotopic (exact) mass is 769 g/mol. The molecule has 0 bridgehead atoms. The number of unbranched alkanes of at least 4 members (excludes halogenated alkanes) is 7. The van der Waals surface area contributed by atoms with Crippen molar-refractivity contribution in [3.8, 4) is 0 Å². The number of nitrogens with two attached hydrogens (primary N) is 1. The van der Waals surface area contributed by atoms with Crippen LogP contribution in [0.2, 0.25) is 0 Å². The van der Waals surface area contributed by atoms with Crippen LogP contribution in [0.4, 0.5) is 0 Å². The highest BCUT2D eigenvalue weighted by atomic mass is 33.1. The molecule has 2 saturated heterocycles. The SMILES string of the molecule is NCSSCCCN1CCCN(CC(=O)O)CCN(CCCCCCCCCCO[C@@H]2OC(CO)[C@@H](O)[C@H](O)C2O)CCCN(CC(=O)O)CC1. The number of ether oxygens (including phenoxy) is 2. The molecule has 51 heavy (non-hydrogen) atoms. The number of hydrogen-bond donors (Lipinski definition) is 7. The second kappa shape index (κ2) is 28.6. The summed E-state index contributed by atoms with van der Waals surface area (Å²) in [4.78, 5) is 32.2. The average molecular weight is 770 g/mol. The number of aliphatic carboxylic acids is 2. The predicted molar refractivity (Wildman–Crippen MR) is 201 cm³/mol. The van der Waals surface area contributed by atoms with Crippen LogP contribution in [-0.2, 0) is 19.1 Å². The second-order valence-electron chi connectivity index (χ2n) is 13.6. The Morgan fingerprint density at radius 1 is 0.647 bits per heavy atom. The summed E-state index contributed by atoms with van der Waals surface area (Å²) >= 11 is 0. The molecule has 0 aromatic heterocycles. The number of carboxylic acids is 2. The molecule has 2 rings (SSSR count). The van der Waals surface area contributed by atoms with Gasteiger partial charge in [0, 0.05) is 57.5 Å². The van der Waals surface area contributed by atoms with Crippen molar-refractivity contribution in [3.05, 3.63) is 0 Å². The molecule has 0 spiro atoms. The molecule has 0 amide bonds. The maximum Gasteiger partial charge on any atom is 0.317 e. The van der Waals surface area contributed by atoms with Crippen LogP contribution in [0, 0.1) is 0 Å². The topological polar surface area (TPSA) is 213 Å². The molecule has 300 valence electrons. The Morgan fingerprint density at radius 2 is 1.14 bits per heavy atom. The van der Waals surface area contributed by atoms with Crippen molar-refractivity contribution in [2.45, 2.75) is 101 Å². The van der Waals surface area contributed by atoms with E-state index in [0.29, 0.717) is 38.7 Å². The minimum Gasteiger partial charge on any atom is -0.480 e. The lowest BCUT2D eigenvalue weighted by molar-refractivity contribution is -0.301. The van der Waals surface area contributed by atoms with E-state index in [9.17, 15) is 40.2 Å². The third-order valence-electron chi connectivity index (χ3n) is 9.43. The number of hydrogen-bond acceptors (Lipinski definition) is 15. The van der Waals surface area contributed by atoms with Crippen molar-refractivity contribution in [3.63, 3.8) is 0 Å². The predicted octanol–water partition coefficient (Wildman–Crippen LogP) is 0.782. The van der Waals surface area contributed by atoms with Crippen LogP contribution in [0.15, 0.2) is 0 Å². The standard InChI is InChI=1S/C34H67N5O10S2/c35-27-51-50-23-11-17-37-14-10-16-38(24-29(41)42)20-18-36(13-9-15-39(21-19-37)25-30(43)44)12-7-5-3-1-2-4-6-8-22-48-34-33(47)32(46)31(45)28(26-40)49-34/h28,31-34,40,45-47H,1-27,35H2,(H,41,42)(H,43,44)/t28?,31-,32+,33?,34-/m1/s1. The van der Waals surface area contributed by atoms with Gasteiger partial charge in [0.2, 0.25) is 0 Å². The number of carboxylic acid groups (broad SMARTS) is 2. The normalized spacial score (nSPS) is 25.9. The maximum absolute atomic E-state index is 11.7. The molecule has 2 fully saturated rings. The van der Waals surface area contributed by atoms with Gasteiger partial charge >= 0.3 is 11.9 Å². The van der Waals surface area contributed by atoms with Gasteiger partial charge in [0.25, 0.3) is 0 Å². The van der Waals surface area contributed by atoms with Crippen molar-refractivity contribution < 1.29 is 49.7 Å². The van der Waals surface area contributed by atoms with Gasteiger partial charge in [-0.15, -0.1) is 0 Å². The van der Waals surface area contributed by atoms with E-state index in [1.807, 2.05) is 0 Å². The Morgan fingerprint density at radius 3 is 1.67 bits per heavy atom. The Labute approximate surface area is 312 Å². The van der Waals surface area contributed by atoms with Gasteiger partial charge in [0.1, 0.15) is 24.4 Å². The first-order chi connectivity index (χ1) is 24.6. The molecule has 5 atom stereocenters. The summed E-state index contributed by atoms with van der Waals surface area (Å²) in [6.45, 7) is 7.91. The molecule has 2 aliphatic heterocycles. The second-order valence-corrected chi connectivity index (χ2v) is 16.2. The zero-order valence-electron chi connectivity index (χ0n) is 30.5. The van der Waals surface area contributed by atoms with Crippen molar-refractivity contribution in [2.24, 2.45) is 5.73 Å². The summed E-state index contributed by atoms with van der Waals surface area (Å²) in [7, 11) is 3.43. The highest BCUT2D eigenvalue weighted by molar-refractivity contribution is 8.76. The summed E-state index contributed by atoms with van der Waals surface area (Å²) in [5, 5.41) is 58.3. The molecular formula is C34H67N5O10S2. The number of rotatable bonds is 23. The van der Waals surface area contributed by atoms with Crippen LogP contribution < -0.4 is 5.73 Å². The number of aliphatic hydroxyl groups is 4. The lowest BCUT2D eigenvalue weighted by Crippen LogP contribution is -2.59. The molecule has 2 unspecified atom stereocenters. The van der Waals surface area contributed by atoms with Crippen LogP contribution in [0.1, 0.15) is 70.6 Å². The van der Waals surface area contributed by atoms with Crippen LogP contribution in [0.5, 0.6) is 0 Å². The third kappa shape index (κ3) is 21.0. The van der Waals surface area contributed by atoms with Crippen LogP contribution in [0.3, 0.4) is 0 Å². The molecule has 0 aromatic rings. The minimum absolute atomic E-state index is 0.0348. The van der Waals surface area contributed by atoms with E-state index in [0.717, 1.165) is 116 Å². The summed E-state index contributed by atoms with van der Waals surface area (Å²) in [6, 6.07) is 0. The van der Waals surface area contributed by atoms with E-state index in [1.165, 1.54) is 0 Å². The largest absolute Gasteiger partial charge is 0.480 e. The molecule has 0 saturated carbocycles. The molecule has 0 radical (unpaired) electrons. The van der Waals surface area contributed by atoms with Crippen LogP contribution >= 0.6 is 21.6 Å². The van der Waals surface area contributed by atoms with Gasteiger partial charge in [-0.2, -0.15) is 0 Å². The fourth-order valence-electron chi connectivity index (χ4n) is 6.55. The fourth-order valence-corrected chi connectivity index (χ4v) is 8.01.